The summed E-state index contributed by atoms with van der Waals surface area (Å²) >= 11 is 6.07. The van der Waals surface area contributed by atoms with Crippen molar-refractivity contribution in [2.75, 3.05) is 31.5 Å². The molecule has 8 nitrogen and oxygen atoms in total. The van der Waals surface area contributed by atoms with Crippen molar-refractivity contribution in [1.82, 2.24) is 9.80 Å². The van der Waals surface area contributed by atoms with Gasteiger partial charge in [0.15, 0.2) is 0 Å². The molecular weight excluding hydrogens is 444 g/mol. The molecule has 0 bridgehead atoms. The maximum Gasteiger partial charge on any atom is 0.269 e. The number of nitro benzene ring substituents is 1. The zero-order valence-corrected chi connectivity index (χ0v) is 19.0. The summed E-state index contributed by atoms with van der Waals surface area (Å²) in [7, 11) is 0. The minimum absolute atomic E-state index is 0.0284. The lowest BCUT2D eigenvalue weighted by atomic mass is 9.94. The first-order chi connectivity index (χ1) is 15.9. The Morgan fingerprint density at radius 1 is 1.03 bits per heavy atom. The number of piperazine rings is 1. The van der Waals surface area contributed by atoms with E-state index >= 15 is 0 Å². The highest BCUT2D eigenvalue weighted by Crippen LogP contribution is 2.32. The van der Waals surface area contributed by atoms with Crippen LogP contribution in [-0.4, -0.2) is 58.8 Å². The monoisotopic (exact) mass is 470 g/mol. The number of carbonyl (C=O) groups excluding carboxylic acids is 2. The average molecular weight is 471 g/mol. The van der Waals surface area contributed by atoms with Crippen molar-refractivity contribution in [3.05, 3.63) is 69.2 Å². The van der Waals surface area contributed by atoms with E-state index in [1.807, 2.05) is 12.1 Å². The van der Waals surface area contributed by atoms with Gasteiger partial charge in [-0.1, -0.05) is 30.5 Å². The number of hydrogen-bond acceptors (Lipinski definition) is 5. The number of anilines is 1. The molecule has 0 radical (unpaired) electrons. The van der Waals surface area contributed by atoms with Gasteiger partial charge in [-0.05, 0) is 49.1 Å². The molecule has 9 heteroatoms. The molecule has 174 valence electrons. The van der Waals surface area contributed by atoms with E-state index in [0.717, 1.165) is 25.7 Å². The molecule has 1 unspecified atom stereocenters. The summed E-state index contributed by atoms with van der Waals surface area (Å²) in [5, 5.41) is 14.4. The van der Waals surface area contributed by atoms with Crippen LogP contribution in [0.15, 0.2) is 48.5 Å². The fraction of sp³-hybridized carbons (Fsp3) is 0.417. The Bertz CT molecular complexity index is 1020. The summed E-state index contributed by atoms with van der Waals surface area (Å²) in [4.78, 5) is 40.5. The Morgan fingerprint density at radius 2 is 1.70 bits per heavy atom. The molecule has 1 saturated carbocycles. The fourth-order valence-electron chi connectivity index (χ4n) is 4.85. The number of benzene rings is 2. The number of nitrogens with zero attached hydrogens (tertiary/aromatic N) is 3. The second-order valence-corrected chi connectivity index (χ2v) is 9.06. The summed E-state index contributed by atoms with van der Waals surface area (Å²) in [6, 6.07) is 12.6. The van der Waals surface area contributed by atoms with Crippen molar-refractivity contribution in [3.63, 3.8) is 0 Å². The molecule has 0 aromatic heterocycles. The van der Waals surface area contributed by atoms with Gasteiger partial charge in [-0.2, -0.15) is 0 Å². The van der Waals surface area contributed by atoms with Crippen LogP contribution in [0.5, 0.6) is 0 Å². The first-order valence-corrected chi connectivity index (χ1v) is 11.6. The lowest BCUT2D eigenvalue weighted by Gasteiger charge is -2.40. The summed E-state index contributed by atoms with van der Waals surface area (Å²) in [6.45, 7) is 2.21. The minimum atomic E-state index is -0.482. The number of amides is 2. The largest absolute Gasteiger partial charge is 0.336 e. The van der Waals surface area contributed by atoms with Crippen molar-refractivity contribution in [3.8, 4) is 0 Å². The normalized spacial score (nSPS) is 18.2. The van der Waals surface area contributed by atoms with Crippen molar-refractivity contribution in [2.24, 2.45) is 5.92 Å². The Labute approximate surface area is 197 Å². The number of nitrogens with one attached hydrogen (secondary N) is 1. The molecule has 1 heterocycles. The van der Waals surface area contributed by atoms with Gasteiger partial charge < -0.3 is 10.2 Å². The number of nitro groups is 1. The van der Waals surface area contributed by atoms with Crippen LogP contribution in [0, 0.1) is 16.0 Å². The van der Waals surface area contributed by atoms with Gasteiger partial charge >= 0.3 is 0 Å². The molecule has 1 atom stereocenters. The van der Waals surface area contributed by atoms with Crippen molar-refractivity contribution in [1.29, 1.82) is 0 Å². The predicted molar refractivity (Wildman–Crippen MR) is 126 cm³/mol. The predicted octanol–water partition coefficient (Wildman–Crippen LogP) is 4.20. The summed E-state index contributed by atoms with van der Waals surface area (Å²) in [5.74, 6) is 0.116. The number of non-ortho nitro benzene ring substituents is 1. The molecule has 2 fully saturated rings. The van der Waals surface area contributed by atoms with E-state index in [1.54, 1.807) is 17.0 Å². The molecule has 1 saturated heterocycles. The first-order valence-electron chi connectivity index (χ1n) is 11.3. The topological polar surface area (TPSA) is 95.8 Å². The van der Waals surface area contributed by atoms with Gasteiger partial charge in [0.2, 0.25) is 5.91 Å². The van der Waals surface area contributed by atoms with Gasteiger partial charge in [-0.3, -0.25) is 24.6 Å². The van der Waals surface area contributed by atoms with E-state index in [-0.39, 0.29) is 23.5 Å². The lowest BCUT2D eigenvalue weighted by molar-refractivity contribution is -0.384. The van der Waals surface area contributed by atoms with Gasteiger partial charge in [0.1, 0.15) is 0 Å². The molecule has 4 rings (SSSR count). The van der Waals surface area contributed by atoms with E-state index in [4.69, 9.17) is 11.6 Å². The number of rotatable bonds is 6. The van der Waals surface area contributed by atoms with Crippen molar-refractivity contribution < 1.29 is 14.5 Å². The molecule has 1 N–H and O–H groups in total. The highest BCUT2D eigenvalue weighted by molar-refractivity contribution is 6.30. The Morgan fingerprint density at radius 3 is 2.30 bits per heavy atom. The molecule has 0 spiro atoms. The number of halogens is 1. The van der Waals surface area contributed by atoms with Gasteiger partial charge in [-0.15, -0.1) is 0 Å². The summed E-state index contributed by atoms with van der Waals surface area (Å²) in [5.41, 5.74) is 1.07. The van der Waals surface area contributed by atoms with Gasteiger partial charge in [0, 0.05) is 54.6 Å². The summed E-state index contributed by atoms with van der Waals surface area (Å²) < 4.78 is 0. The van der Waals surface area contributed by atoms with E-state index in [0.29, 0.717) is 48.4 Å². The quantitative estimate of drug-likeness (QED) is 0.504. The van der Waals surface area contributed by atoms with Crippen LogP contribution < -0.4 is 5.32 Å². The van der Waals surface area contributed by atoms with Gasteiger partial charge in [0.25, 0.3) is 11.6 Å². The van der Waals surface area contributed by atoms with Crippen LogP contribution >= 0.6 is 11.6 Å². The molecule has 1 aliphatic carbocycles. The zero-order valence-electron chi connectivity index (χ0n) is 18.3. The third kappa shape index (κ3) is 5.51. The SMILES string of the molecule is O=C(Nc1cccc(Cl)c1)C(C1CCCC1)N1CCN(C(=O)c2ccc([N+](=O)[O-])cc2)CC1. The third-order valence-electron chi connectivity index (χ3n) is 6.53. The molecule has 33 heavy (non-hydrogen) atoms. The minimum Gasteiger partial charge on any atom is -0.336 e. The van der Waals surface area contributed by atoms with Crippen LogP contribution in [0.2, 0.25) is 5.02 Å². The molecule has 2 aliphatic rings. The zero-order chi connectivity index (χ0) is 23.4. The molecular formula is C24H27ClN4O4. The second kappa shape index (κ2) is 10.3. The van der Waals surface area contributed by atoms with Gasteiger partial charge in [-0.25, -0.2) is 0 Å². The van der Waals surface area contributed by atoms with Crippen LogP contribution in [0.3, 0.4) is 0 Å². The highest BCUT2D eigenvalue weighted by Gasteiger charge is 2.37. The Balaban J connectivity index is 1.41. The van der Waals surface area contributed by atoms with E-state index in [1.165, 1.54) is 24.3 Å². The third-order valence-corrected chi connectivity index (χ3v) is 6.76. The van der Waals surface area contributed by atoms with Crippen LogP contribution in [0.1, 0.15) is 36.0 Å². The molecule has 2 aromatic rings. The smallest absolute Gasteiger partial charge is 0.269 e. The lowest BCUT2D eigenvalue weighted by Crippen LogP contribution is -2.56. The van der Waals surface area contributed by atoms with Crippen LogP contribution in [0.4, 0.5) is 11.4 Å². The summed E-state index contributed by atoms with van der Waals surface area (Å²) in [6.07, 6.45) is 4.31. The average Bonchev–Trinajstić information content (AvgIpc) is 3.33. The van der Waals surface area contributed by atoms with Crippen molar-refractivity contribution in [2.45, 2.75) is 31.7 Å². The number of carbonyl (C=O) groups is 2. The van der Waals surface area contributed by atoms with Crippen LogP contribution in [0.25, 0.3) is 0 Å². The molecule has 2 aromatic carbocycles. The fourth-order valence-corrected chi connectivity index (χ4v) is 5.04. The second-order valence-electron chi connectivity index (χ2n) is 8.62. The van der Waals surface area contributed by atoms with Crippen molar-refractivity contribution >= 4 is 34.8 Å². The number of hydrogen-bond donors (Lipinski definition) is 1. The van der Waals surface area contributed by atoms with E-state index in [2.05, 4.69) is 10.2 Å². The highest BCUT2D eigenvalue weighted by atomic mass is 35.5. The molecule has 1 aliphatic heterocycles. The van der Waals surface area contributed by atoms with Gasteiger partial charge in [0.05, 0.1) is 11.0 Å². The Hall–Kier alpha value is -2.97. The molecule has 2 amide bonds. The standard InChI is InChI=1S/C24H27ClN4O4/c25-19-6-3-7-20(16-19)26-23(30)22(17-4-1-2-5-17)27-12-14-28(15-13-27)24(31)18-8-10-21(11-9-18)29(32)33/h3,6-11,16-17,22H,1-2,4-5,12-15H2,(H,26,30). The first kappa shape index (κ1) is 23.2. The van der Waals surface area contributed by atoms with E-state index in [9.17, 15) is 19.7 Å². The Kier molecular flexibility index (Phi) is 7.25. The van der Waals surface area contributed by atoms with Crippen LogP contribution in [-0.2, 0) is 4.79 Å². The maximum absolute atomic E-state index is 13.3. The maximum atomic E-state index is 13.3. The van der Waals surface area contributed by atoms with E-state index < -0.39 is 4.92 Å².